The number of carbonyl (C=O) groups excluding carboxylic acids is 1. The highest BCUT2D eigenvalue weighted by Gasteiger charge is 2.17. The Bertz CT molecular complexity index is 799. The lowest BCUT2D eigenvalue weighted by molar-refractivity contribution is 0.102. The molecule has 1 fully saturated rings. The van der Waals surface area contributed by atoms with Gasteiger partial charge in [0, 0.05) is 37.4 Å². The molecule has 0 aromatic heterocycles. The minimum atomic E-state index is -0.184. The number of carbonyl (C=O) groups is 1. The molecule has 27 heavy (non-hydrogen) atoms. The summed E-state index contributed by atoms with van der Waals surface area (Å²) in [5.41, 5.74) is 9.19. The molecule has 1 heterocycles. The minimum absolute atomic E-state index is 0.0604. The van der Waals surface area contributed by atoms with Crippen LogP contribution in [0.3, 0.4) is 0 Å². The Morgan fingerprint density at radius 2 is 1.85 bits per heavy atom. The maximum absolute atomic E-state index is 12.6. The summed E-state index contributed by atoms with van der Waals surface area (Å²) in [6.07, 6.45) is 0.0604. The standard InChI is InChI=1S/C21H28N4O2/c1-15(2)27-18-6-4-5-16(13-18)21(26)23-17-7-8-20(19(22)14-17)25-11-9-24(3)10-12-25/h4-8,13-15H,9-12,22H2,1-3H3,(H,23,26). The van der Waals surface area contributed by atoms with Crippen LogP contribution in [0, 0.1) is 0 Å². The van der Waals surface area contributed by atoms with Crippen LogP contribution in [0.4, 0.5) is 17.1 Å². The van der Waals surface area contributed by atoms with Gasteiger partial charge in [-0.1, -0.05) is 6.07 Å². The van der Waals surface area contributed by atoms with Crippen molar-refractivity contribution >= 4 is 23.0 Å². The van der Waals surface area contributed by atoms with Gasteiger partial charge in [0.2, 0.25) is 0 Å². The smallest absolute Gasteiger partial charge is 0.255 e. The van der Waals surface area contributed by atoms with Crippen LogP contribution in [0.5, 0.6) is 5.75 Å². The van der Waals surface area contributed by atoms with E-state index in [0.29, 0.717) is 22.7 Å². The number of ether oxygens (including phenoxy) is 1. The fourth-order valence-corrected chi connectivity index (χ4v) is 3.15. The fourth-order valence-electron chi connectivity index (χ4n) is 3.15. The first-order valence-electron chi connectivity index (χ1n) is 9.33. The number of hydrogen-bond donors (Lipinski definition) is 2. The van der Waals surface area contributed by atoms with Gasteiger partial charge >= 0.3 is 0 Å². The summed E-state index contributed by atoms with van der Waals surface area (Å²) < 4.78 is 5.66. The molecule has 0 saturated carbocycles. The van der Waals surface area contributed by atoms with Crippen molar-refractivity contribution in [3.63, 3.8) is 0 Å². The second-order valence-electron chi connectivity index (χ2n) is 7.21. The van der Waals surface area contributed by atoms with Crippen molar-refractivity contribution in [3.8, 4) is 5.75 Å². The van der Waals surface area contributed by atoms with Crippen LogP contribution in [0.2, 0.25) is 0 Å². The molecule has 3 N–H and O–H groups in total. The Morgan fingerprint density at radius 1 is 1.11 bits per heavy atom. The third-order valence-corrected chi connectivity index (χ3v) is 4.60. The van der Waals surface area contributed by atoms with Crippen molar-refractivity contribution in [1.82, 2.24) is 4.90 Å². The van der Waals surface area contributed by atoms with Gasteiger partial charge in [-0.2, -0.15) is 0 Å². The van der Waals surface area contributed by atoms with Crippen LogP contribution in [0.25, 0.3) is 0 Å². The Kier molecular flexibility index (Phi) is 5.86. The van der Waals surface area contributed by atoms with Gasteiger partial charge in [-0.25, -0.2) is 0 Å². The molecule has 1 aliphatic rings. The monoisotopic (exact) mass is 368 g/mol. The van der Waals surface area contributed by atoms with E-state index in [0.717, 1.165) is 31.9 Å². The van der Waals surface area contributed by atoms with Crippen molar-refractivity contribution in [2.75, 3.05) is 49.2 Å². The summed E-state index contributed by atoms with van der Waals surface area (Å²) in [5, 5.41) is 2.92. The number of anilines is 3. The molecule has 3 rings (SSSR count). The molecule has 0 atom stereocenters. The summed E-state index contributed by atoms with van der Waals surface area (Å²) in [6.45, 7) is 7.86. The molecule has 2 aromatic rings. The van der Waals surface area contributed by atoms with E-state index < -0.39 is 0 Å². The molecular weight excluding hydrogens is 340 g/mol. The van der Waals surface area contributed by atoms with E-state index in [1.807, 2.05) is 44.2 Å². The molecule has 1 saturated heterocycles. The number of nitrogens with one attached hydrogen (secondary N) is 1. The molecular formula is C21H28N4O2. The zero-order chi connectivity index (χ0) is 19.4. The molecule has 2 aromatic carbocycles. The highest BCUT2D eigenvalue weighted by Crippen LogP contribution is 2.28. The maximum atomic E-state index is 12.6. The van der Waals surface area contributed by atoms with E-state index in [-0.39, 0.29) is 12.0 Å². The van der Waals surface area contributed by atoms with Crippen molar-refractivity contribution in [1.29, 1.82) is 0 Å². The molecule has 0 aliphatic carbocycles. The Hall–Kier alpha value is -2.73. The Morgan fingerprint density at radius 3 is 2.52 bits per heavy atom. The number of piperazine rings is 1. The average molecular weight is 368 g/mol. The van der Waals surface area contributed by atoms with E-state index in [9.17, 15) is 4.79 Å². The van der Waals surface area contributed by atoms with Gasteiger partial charge in [0.15, 0.2) is 0 Å². The first-order valence-corrected chi connectivity index (χ1v) is 9.33. The molecule has 1 aliphatic heterocycles. The number of benzene rings is 2. The molecule has 1 amide bonds. The van der Waals surface area contributed by atoms with Gasteiger partial charge in [0.25, 0.3) is 5.91 Å². The highest BCUT2D eigenvalue weighted by molar-refractivity contribution is 6.04. The van der Waals surface area contributed by atoms with Crippen LogP contribution >= 0.6 is 0 Å². The summed E-state index contributed by atoms with van der Waals surface area (Å²) in [5.74, 6) is 0.499. The van der Waals surface area contributed by atoms with Crippen LogP contribution < -0.4 is 20.7 Å². The molecule has 0 radical (unpaired) electrons. The SMILES string of the molecule is CC(C)Oc1cccc(C(=O)Nc2ccc(N3CCN(C)CC3)c(N)c2)c1. The lowest BCUT2D eigenvalue weighted by Crippen LogP contribution is -2.44. The third kappa shape index (κ3) is 4.92. The zero-order valence-electron chi connectivity index (χ0n) is 16.2. The number of hydrogen-bond acceptors (Lipinski definition) is 5. The summed E-state index contributed by atoms with van der Waals surface area (Å²) >= 11 is 0. The van der Waals surface area contributed by atoms with E-state index in [4.69, 9.17) is 10.5 Å². The fraction of sp³-hybridized carbons (Fsp3) is 0.381. The summed E-state index contributed by atoms with van der Waals surface area (Å²) in [6, 6.07) is 12.9. The van der Waals surface area contributed by atoms with Crippen LogP contribution in [-0.2, 0) is 0 Å². The van der Waals surface area contributed by atoms with Crippen LogP contribution in [-0.4, -0.2) is 50.1 Å². The van der Waals surface area contributed by atoms with Crippen molar-refractivity contribution in [2.24, 2.45) is 0 Å². The maximum Gasteiger partial charge on any atom is 0.255 e. The number of likely N-dealkylation sites (N-methyl/N-ethyl adjacent to an activating group) is 1. The van der Waals surface area contributed by atoms with E-state index >= 15 is 0 Å². The highest BCUT2D eigenvalue weighted by atomic mass is 16.5. The predicted molar refractivity (Wildman–Crippen MR) is 111 cm³/mol. The lowest BCUT2D eigenvalue weighted by Gasteiger charge is -2.34. The lowest BCUT2D eigenvalue weighted by atomic mass is 10.1. The largest absolute Gasteiger partial charge is 0.491 e. The van der Waals surface area contributed by atoms with E-state index in [1.54, 1.807) is 12.1 Å². The van der Waals surface area contributed by atoms with Gasteiger partial charge in [0.05, 0.1) is 17.5 Å². The van der Waals surface area contributed by atoms with Gasteiger partial charge in [-0.3, -0.25) is 4.79 Å². The molecule has 0 spiro atoms. The average Bonchev–Trinajstić information content (AvgIpc) is 2.62. The predicted octanol–water partition coefficient (Wildman–Crippen LogP) is 3.06. The summed E-state index contributed by atoms with van der Waals surface area (Å²) in [7, 11) is 2.13. The van der Waals surface area contributed by atoms with Gasteiger partial charge in [-0.15, -0.1) is 0 Å². The number of nitrogens with zero attached hydrogens (tertiary/aromatic N) is 2. The number of nitrogens with two attached hydrogens (primary N) is 1. The molecule has 0 unspecified atom stereocenters. The van der Waals surface area contributed by atoms with Crippen molar-refractivity contribution in [3.05, 3.63) is 48.0 Å². The van der Waals surface area contributed by atoms with Gasteiger partial charge in [-0.05, 0) is 57.3 Å². The second-order valence-corrected chi connectivity index (χ2v) is 7.21. The van der Waals surface area contributed by atoms with E-state index in [1.165, 1.54) is 0 Å². The number of nitrogen functional groups attached to an aromatic ring is 1. The first-order chi connectivity index (χ1) is 12.9. The van der Waals surface area contributed by atoms with Crippen LogP contribution in [0.1, 0.15) is 24.2 Å². The third-order valence-electron chi connectivity index (χ3n) is 4.60. The first kappa shape index (κ1) is 19.0. The van der Waals surface area contributed by atoms with Gasteiger partial charge < -0.3 is 25.6 Å². The quantitative estimate of drug-likeness (QED) is 0.794. The van der Waals surface area contributed by atoms with Crippen molar-refractivity contribution < 1.29 is 9.53 Å². The molecule has 6 heteroatoms. The topological polar surface area (TPSA) is 70.8 Å². The zero-order valence-corrected chi connectivity index (χ0v) is 16.2. The molecule has 144 valence electrons. The molecule has 0 bridgehead atoms. The van der Waals surface area contributed by atoms with Crippen LogP contribution in [0.15, 0.2) is 42.5 Å². The Labute approximate surface area is 160 Å². The summed E-state index contributed by atoms with van der Waals surface area (Å²) in [4.78, 5) is 17.2. The number of rotatable bonds is 5. The van der Waals surface area contributed by atoms with E-state index in [2.05, 4.69) is 22.2 Å². The van der Waals surface area contributed by atoms with Crippen molar-refractivity contribution in [2.45, 2.75) is 20.0 Å². The second kappa shape index (κ2) is 8.31. The Balaban J connectivity index is 1.69. The number of amides is 1. The van der Waals surface area contributed by atoms with Gasteiger partial charge in [0.1, 0.15) is 5.75 Å². The normalized spacial score (nSPS) is 15.0. The molecule has 6 nitrogen and oxygen atoms in total. The minimum Gasteiger partial charge on any atom is -0.491 e.